The number of aromatic amines is 1. The minimum Gasteiger partial charge on any atom is -0.406 e. The Hall–Kier alpha value is -1.75. The number of hydrogen-bond donors (Lipinski definition) is 2. The number of para-hydroxylation sites is 1. The summed E-state index contributed by atoms with van der Waals surface area (Å²) in [6.07, 6.45) is 0. The molecular weight excluding hydrogens is 206 g/mol. The molecule has 1 atom stereocenters. The smallest absolute Gasteiger partial charge is 0.406 e. The van der Waals surface area contributed by atoms with E-state index in [-0.39, 0.29) is 6.04 Å². The molecule has 2 aromatic rings. The summed E-state index contributed by atoms with van der Waals surface area (Å²) in [5.41, 5.74) is 7.77. The number of anilines is 1. The fourth-order valence-electron chi connectivity index (χ4n) is 1.63. The summed E-state index contributed by atoms with van der Waals surface area (Å²) >= 11 is 0. The van der Waals surface area contributed by atoms with Crippen molar-refractivity contribution >= 4 is 16.8 Å². The summed E-state index contributed by atoms with van der Waals surface area (Å²) in [4.78, 5) is 15.8. The highest BCUT2D eigenvalue weighted by atomic mass is 16.4. The third-order valence-electron chi connectivity index (χ3n) is 2.81. The molecule has 1 heterocycles. The number of benzene rings is 1. The van der Waals surface area contributed by atoms with Gasteiger partial charge in [-0.3, -0.25) is 4.98 Å². The van der Waals surface area contributed by atoms with Crippen molar-refractivity contribution in [2.45, 2.75) is 13.0 Å². The van der Waals surface area contributed by atoms with Crippen LogP contribution in [0.3, 0.4) is 0 Å². The first-order valence-electron chi connectivity index (χ1n) is 5.18. The Morgan fingerprint density at radius 2 is 2.31 bits per heavy atom. The predicted octanol–water partition coefficient (Wildman–Crippen LogP) is 0.904. The molecule has 0 aliphatic carbocycles. The second-order valence-corrected chi connectivity index (χ2v) is 3.86. The van der Waals surface area contributed by atoms with Gasteiger partial charge in [0.1, 0.15) is 0 Å². The summed E-state index contributed by atoms with van der Waals surface area (Å²) in [7, 11) is 1.93. The molecule has 0 radical (unpaired) electrons. The van der Waals surface area contributed by atoms with Crippen LogP contribution >= 0.6 is 0 Å². The third kappa shape index (κ3) is 1.69. The third-order valence-corrected chi connectivity index (χ3v) is 2.81. The lowest BCUT2D eigenvalue weighted by Crippen LogP contribution is -2.35. The monoisotopic (exact) mass is 221 g/mol. The molecule has 0 bridgehead atoms. The fourth-order valence-corrected chi connectivity index (χ4v) is 1.63. The van der Waals surface area contributed by atoms with Crippen molar-refractivity contribution < 1.29 is 4.42 Å². The van der Waals surface area contributed by atoms with Crippen LogP contribution in [0.15, 0.2) is 27.4 Å². The number of nitrogens with one attached hydrogen (secondary N) is 1. The molecule has 1 aromatic carbocycles. The van der Waals surface area contributed by atoms with Gasteiger partial charge >= 0.3 is 5.76 Å². The quantitative estimate of drug-likeness (QED) is 0.807. The highest BCUT2D eigenvalue weighted by Crippen LogP contribution is 2.24. The van der Waals surface area contributed by atoms with Gasteiger partial charge in [-0.25, -0.2) is 4.79 Å². The van der Waals surface area contributed by atoms with Gasteiger partial charge < -0.3 is 15.1 Å². The van der Waals surface area contributed by atoms with Crippen molar-refractivity contribution in [1.82, 2.24) is 4.98 Å². The Labute approximate surface area is 92.8 Å². The van der Waals surface area contributed by atoms with Crippen LogP contribution in [0, 0.1) is 0 Å². The molecular formula is C11H15N3O2. The molecule has 0 spiro atoms. The lowest BCUT2D eigenvalue weighted by Gasteiger charge is -2.25. The molecule has 0 fully saturated rings. The molecule has 0 amide bonds. The van der Waals surface area contributed by atoms with Crippen molar-refractivity contribution in [2.24, 2.45) is 5.73 Å². The van der Waals surface area contributed by atoms with Crippen LogP contribution in [0.4, 0.5) is 5.69 Å². The van der Waals surface area contributed by atoms with E-state index in [2.05, 4.69) is 4.98 Å². The predicted molar refractivity (Wildman–Crippen MR) is 63.8 cm³/mol. The second kappa shape index (κ2) is 4.02. The first-order chi connectivity index (χ1) is 7.63. The van der Waals surface area contributed by atoms with E-state index in [4.69, 9.17) is 10.2 Å². The standard InChI is InChI=1S/C11H15N3O2/c1-7(6-12)14(2)9-5-3-4-8-10(9)16-11(15)13-8/h3-5,7H,6,12H2,1-2H3,(H,13,15). The average Bonchev–Trinajstić information content (AvgIpc) is 2.66. The van der Waals surface area contributed by atoms with Gasteiger partial charge in [0.15, 0.2) is 5.58 Å². The van der Waals surface area contributed by atoms with Crippen LogP contribution in [-0.4, -0.2) is 24.6 Å². The largest absolute Gasteiger partial charge is 0.417 e. The Balaban J connectivity index is 2.55. The zero-order chi connectivity index (χ0) is 11.7. The van der Waals surface area contributed by atoms with E-state index in [1.807, 2.05) is 37.1 Å². The van der Waals surface area contributed by atoms with Gasteiger partial charge in [-0.05, 0) is 19.1 Å². The normalized spacial score (nSPS) is 12.9. The second-order valence-electron chi connectivity index (χ2n) is 3.86. The van der Waals surface area contributed by atoms with E-state index in [1.54, 1.807) is 0 Å². The van der Waals surface area contributed by atoms with Crippen LogP contribution in [-0.2, 0) is 0 Å². The van der Waals surface area contributed by atoms with Gasteiger partial charge in [0.05, 0.1) is 11.2 Å². The first kappa shape index (κ1) is 10.8. The van der Waals surface area contributed by atoms with E-state index < -0.39 is 5.76 Å². The zero-order valence-corrected chi connectivity index (χ0v) is 9.36. The average molecular weight is 221 g/mol. The van der Waals surface area contributed by atoms with Crippen molar-refractivity contribution in [3.05, 3.63) is 28.7 Å². The number of rotatable bonds is 3. The van der Waals surface area contributed by atoms with Crippen molar-refractivity contribution in [3.8, 4) is 0 Å². The molecule has 0 saturated carbocycles. The maximum Gasteiger partial charge on any atom is 0.417 e. The van der Waals surface area contributed by atoms with Gasteiger partial charge in [-0.2, -0.15) is 0 Å². The summed E-state index contributed by atoms with van der Waals surface area (Å²) in [5.74, 6) is -0.434. The number of H-pyrrole nitrogens is 1. The van der Waals surface area contributed by atoms with Crippen molar-refractivity contribution in [3.63, 3.8) is 0 Å². The summed E-state index contributed by atoms with van der Waals surface area (Å²) < 4.78 is 5.12. The summed E-state index contributed by atoms with van der Waals surface area (Å²) in [6.45, 7) is 2.56. The molecule has 5 heteroatoms. The van der Waals surface area contributed by atoms with E-state index in [0.29, 0.717) is 17.6 Å². The topological polar surface area (TPSA) is 75.3 Å². The van der Waals surface area contributed by atoms with Crippen molar-refractivity contribution in [2.75, 3.05) is 18.5 Å². The molecule has 1 aromatic heterocycles. The van der Waals surface area contributed by atoms with Gasteiger partial charge in [0, 0.05) is 19.6 Å². The molecule has 0 saturated heterocycles. The number of hydrogen-bond acceptors (Lipinski definition) is 4. The molecule has 1 unspecified atom stereocenters. The molecule has 86 valence electrons. The van der Waals surface area contributed by atoms with E-state index in [0.717, 1.165) is 5.69 Å². The number of fused-ring (bicyclic) bond motifs is 1. The van der Waals surface area contributed by atoms with Crippen LogP contribution in [0.5, 0.6) is 0 Å². The SMILES string of the molecule is CC(CN)N(C)c1cccc2[nH]c(=O)oc12. The lowest BCUT2D eigenvalue weighted by molar-refractivity contribution is 0.553. The molecule has 0 aliphatic rings. The number of aromatic nitrogens is 1. The minimum absolute atomic E-state index is 0.186. The molecule has 5 nitrogen and oxygen atoms in total. The number of likely N-dealkylation sites (N-methyl/N-ethyl adjacent to an activating group) is 1. The lowest BCUT2D eigenvalue weighted by atomic mass is 10.2. The van der Waals surface area contributed by atoms with Crippen LogP contribution in [0.2, 0.25) is 0 Å². The highest BCUT2D eigenvalue weighted by Gasteiger charge is 2.14. The molecule has 0 aliphatic heterocycles. The van der Waals surface area contributed by atoms with Gasteiger partial charge in [-0.1, -0.05) is 6.07 Å². The number of oxazole rings is 1. The molecule has 16 heavy (non-hydrogen) atoms. The Morgan fingerprint density at radius 3 is 3.00 bits per heavy atom. The van der Waals surface area contributed by atoms with Gasteiger partial charge in [-0.15, -0.1) is 0 Å². The minimum atomic E-state index is -0.434. The van der Waals surface area contributed by atoms with Gasteiger partial charge in [0.2, 0.25) is 0 Å². The van der Waals surface area contributed by atoms with Crippen LogP contribution < -0.4 is 16.4 Å². The Bertz CT molecular complexity index is 543. The van der Waals surface area contributed by atoms with E-state index in [1.165, 1.54) is 0 Å². The Morgan fingerprint density at radius 1 is 1.56 bits per heavy atom. The summed E-state index contributed by atoms with van der Waals surface area (Å²) in [5, 5.41) is 0. The molecule has 2 rings (SSSR count). The number of nitrogens with two attached hydrogens (primary N) is 1. The van der Waals surface area contributed by atoms with E-state index in [9.17, 15) is 4.79 Å². The van der Waals surface area contributed by atoms with Gasteiger partial charge in [0.25, 0.3) is 0 Å². The zero-order valence-electron chi connectivity index (χ0n) is 9.36. The van der Waals surface area contributed by atoms with Crippen LogP contribution in [0.1, 0.15) is 6.92 Å². The summed E-state index contributed by atoms with van der Waals surface area (Å²) in [6, 6.07) is 5.78. The fraction of sp³-hybridized carbons (Fsp3) is 0.364. The van der Waals surface area contributed by atoms with Crippen LogP contribution in [0.25, 0.3) is 11.1 Å². The molecule has 3 N–H and O–H groups in total. The maximum atomic E-state index is 11.1. The Kier molecular flexibility index (Phi) is 2.70. The number of nitrogens with zero attached hydrogens (tertiary/aromatic N) is 1. The van der Waals surface area contributed by atoms with Crippen molar-refractivity contribution in [1.29, 1.82) is 0 Å². The van der Waals surface area contributed by atoms with E-state index >= 15 is 0 Å². The maximum absolute atomic E-state index is 11.1. The first-order valence-corrected chi connectivity index (χ1v) is 5.18. The highest BCUT2D eigenvalue weighted by molar-refractivity contribution is 5.86.